The number of aliphatic hydroxyl groups is 1. The Hall–Kier alpha value is -2.05. The molecule has 0 unspecified atom stereocenters. The van der Waals surface area contributed by atoms with Gasteiger partial charge in [0.15, 0.2) is 0 Å². The van der Waals surface area contributed by atoms with Crippen molar-refractivity contribution in [2.24, 2.45) is 0 Å². The molecular formula is C21H30N4O2. The largest absolute Gasteiger partial charge is 0.392 e. The lowest BCUT2D eigenvalue weighted by atomic mass is 9.72. The van der Waals surface area contributed by atoms with Crippen LogP contribution in [0.5, 0.6) is 0 Å². The van der Waals surface area contributed by atoms with Gasteiger partial charge >= 0.3 is 6.03 Å². The number of nitrogens with one attached hydrogen (secondary N) is 2. The average Bonchev–Trinajstić information content (AvgIpc) is 3.07. The lowest BCUT2D eigenvalue weighted by molar-refractivity contribution is 0.123. The zero-order valence-electron chi connectivity index (χ0n) is 16.5. The van der Waals surface area contributed by atoms with E-state index >= 15 is 0 Å². The maximum atomic E-state index is 12.6. The summed E-state index contributed by atoms with van der Waals surface area (Å²) in [6, 6.07) is 4.66. The van der Waals surface area contributed by atoms with Crippen molar-refractivity contribution in [3.8, 4) is 0 Å². The molecular weight excluding hydrogens is 340 g/mol. The third-order valence-electron chi connectivity index (χ3n) is 6.48. The number of aliphatic hydroxyl groups excluding tert-OH is 1. The number of benzene rings is 1. The predicted molar refractivity (Wildman–Crippen MR) is 107 cm³/mol. The van der Waals surface area contributed by atoms with E-state index in [1.807, 2.05) is 24.8 Å². The van der Waals surface area contributed by atoms with Crippen molar-refractivity contribution in [3.05, 3.63) is 35.0 Å². The van der Waals surface area contributed by atoms with Crippen molar-refractivity contribution in [2.75, 3.05) is 26.7 Å². The Bertz CT molecular complexity index is 842. The number of hydrogen-bond acceptors (Lipinski definition) is 3. The topological polar surface area (TPSA) is 71.6 Å². The minimum absolute atomic E-state index is 0.0237. The van der Waals surface area contributed by atoms with E-state index in [1.54, 1.807) is 0 Å². The highest BCUT2D eigenvalue weighted by atomic mass is 16.3. The second kappa shape index (κ2) is 7.17. The highest BCUT2D eigenvalue weighted by molar-refractivity contribution is 5.89. The van der Waals surface area contributed by atoms with Gasteiger partial charge in [-0.2, -0.15) is 0 Å². The molecule has 2 heterocycles. The molecule has 1 aliphatic carbocycles. The molecule has 1 aromatic heterocycles. The lowest BCUT2D eigenvalue weighted by Crippen LogP contribution is -2.56. The van der Waals surface area contributed by atoms with Gasteiger partial charge in [-0.3, -0.25) is 0 Å². The van der Waals surface area contributed by atoms with E-state index in [0.717, 1.165) is 43.6 Å². The molecule has 0 saturated carbocycles. The first-order valence-corrected chi connectivity index (χ1v) is 10.1. The van der Waals surface area contributed by atoms with Crippen LogP contribution in [0.2, 0.25) is 0 Å². The van der Waals surface area contributed by atoms with Crippen molar-refractivity contribution >= 4 is 16.9 Å². The SMILES string of the molecule is CCN(CC)C(=O)N[C@H]1C[C@@H]2c3c(CO)ccc4[nH]cc(c34)C[C@H]2N(C)C1. The Kier molecular flexibility index (Phi) is 4.86. The van der Waals surface area contributed by atoms with Gasteiger partial charge in [0, 0.05) is 54.7 Å². The summed E-state index contributed by atoms with van der Waals surface area (Å²) in [6.45, 7) is 6.37. The number of piperidine rings is 1. The first-order valence-electron chi connectivity index (χ1n) is 10.1. The van der Waals surface area contributed by atoms with E-state index in [9.17, 15) is 9.90 Å². The molecule has 0 radical (unpaired) electrons. The van der Waals surface area contributed by atoms with Gasteiger partial charge < -0.3 is 25.2 Å². The maximum absolute atomic E-state index is 12.6. The number of urea groups is 1. The van der Waals surface area contributed by atoms with Crippen LogP contribution in [0.15, 0.2) is 18.3 Å². The Labute approximate surface area is 160 Å². The van der Waals surface area contributed by atoms with Crippen LogP contribution in [0.1, 0.15) is 42.9 Å². The zero-order chi connectivity index (χ0) is 19.1. The normalized spacial score (nSPS) is 24.7. The van der Waals surface area contributed by atoms with Crippen LogP contribution < -0.4 is 5.32 Å². The number of nitrogens with zero attached hydrogens (tertiary/aromatic N) is 2. The maximum Gasteiger partial charge on any atom is 0.317 e. The molecule has 6 heteroatoms. The number of hydrogen-bond donors (Lipinski definition) is 3. The summed E-state index contributed by atoms with van der Waals surface area (Å²) < 4.78 is 0. The van der Waals surface area contributed by atoms with Gasteiger partial charge in [0.25, 0.3) is 0 Å². The fourth-order valence-electron chi connectivity index (χ4n) is 5.13. The molecule has 0 spiro atoms. The van der Waals surface area contributed by atoms with Gasteiger partial charge in [-0.25, -0.2) is 4.79 Å². The molecule has 1 fully saturated rings. The standard InChI is InChI=1S/C21H30N4O2/c1-4-25(5-2)21(27)23-15-9-16-18(24(3)11-15)8-14-10-22-17-7-6-13(12-26)19(16)20(14)17/h6-7,10,15-16,18,22,26H,4-5,8-9,11-12H2,1-3H3,(H,23,27)/t15-,16-,18+/m0/s1. The Morgan fingerprint density at radius 3 is 2.85 bits per heavy atom. The zero-order valence-corrected chi connectivity index (χ0v) is 16.5. The highest BCUT2D eigenvalue weighted by Gasteiger charge is 2.41. The average molecular weight is 370 g/mol. The second-order valence-corrected chi connectivity index (χ2v) is 7.90. The van der Waals surface area contributed by atoms with E-state index in [1.165, 1.54) is 16.5 Å². The summed E-state index contributed by atoms with van der Waals surface area (Å²) in [5.74, 6) is 0.319. The predicted octanol–water partition coefficient (Wildman–Crippen LogP) is 2.42. The molecule has 2 aromatic rings. The number of likely N-dealkylation sites (tertiary alicyclic amines) is 1. The van der Waals surface area contributed by atoms with Crippen molar-refractivity contribution in [3.63, 3.8) is 0 Å². The summed E-state index contributed by atoms with van der Waals surface area (Å²) in [4.78, 5) is 20.2. The van der Waals surface area contributed by atoms with E-state index in [4.69, 9.17) is 0 Å². The third kappa shape index (κ3) is 3.01. The molecule has 3 atom stereocenters. The number of likely N-dealkylation sites (N-methyl/N-ethyl adjacent to an activating group) is 1. The molecule has 1 aliphatic heterocycles. The first-order chi connectivity index (χ1) is 13.1. The number of fused-ring (bicyclic) bond motifs is 2. The molecule has 2 amide bonds. The quantitative estimate of drug-likeness (QED) is 0.774. The van der Waals surface area contributed by atoms with Crippen LogP contribution in [0.25, 0.3) is 10.9 Å². The number of carbonyl (C=O) groups is 1. The minimum atomic E-state index is 0.0237. The van der Waals surface area contributed by atoms with Crippen molar-refractivity contribution in [1.29, 1.82) is 0 Å². The summed E-state index contributed by atoms with van der Waals surface area (Å²) in [5, 5.41) is 14.5. The highest BCUT2D eigenvalue weighted by Crippen LogP contribution is 2.44. The van der Waals surface area contributed by atoms with Gasteiger partial charge in [0.1, 0.15) is 0 Å². The van der Waals surface area contributed by atoms with Gasteiger partial charge in [-0.15, -0.1) is 0 Å². The smallest absolute Gasteiger partial charge is 0.317 e. The molecule has 0 bridgehead atoms. The van der Waals surface area contributed by atoms with Crippen molar-refractivity contribution in [1.82, 2.24) is 20.1 Å². The van der Waals surface area contributed by atoms with Crippen LogP contribution >= 0.6 is 0 Å². The summed E-state index contributed by atoms with van der Waals surface area (Å²) in [5.41, 5.74) is 4.78. The minimum Gasteiger partial charge on any atom is -0.392 e. The molecule has 1 aromatic carbocycles. The van der Waals surface area contributed by atoms with Crippen LogP contribution in [-0.4, -0.2) is 64.7 Å². The molecule has 4 rings (SSSR count). The summed E-state index contributed by atoms with van der Waals surface area (Å²) >= 11 is 0. The van der Waals surface area contributed by atoms with Crippen LogP contribution in [-0.2, 0) is 13.0 Å². The third-order valence-corrected chi connectivity index (χ3v) is 6.48. The number of amides is 2. The molecule has 6 nitrogen and oxygen atoms in total. The number of H-pyrrole nitrogens is 1. The Balaban J connectivity index is 1.66. The first kappa shape index (κ1) is 18.3. The molecule has 3 N–H and O–H groups in total. The van der Waals surface area contributed by atoms with Gasteiger partial charge in [-0.05, 0) is 56.5 Å². The monoisotopic (exact) mass is 370 g/mol. The molecule has 1 saturated heterocycles. The fourth-order valence-corrected chi connectivity index (χ4v) is 5.13. The van der Waals surface area contributed by atoms with Crippen LogP contribution in [0.4, 0.5) is 4.79 Å². The number of rotatable bonds is 4. The van der Waals surface area contributed by atoms with Crippen LogP contribution in [0.3, 0.4) is 0 Å². The Morgan fingerprint density at radius 1 is 1.37 bits per heavy atom. The van der Waals surface area contributed by atoms with Gasteiger partial charge in [0.2, 0.25) is 0 Å². The number of carbonyl (C=O) groups excluding carboxylic acids is 1. The van der Waals surface area contributed by atoms with Crippen molar-refractivity contribution < 1.29 is 9.90 Å². The summed E-state index contributed by atoms with van der Waals surface area (Å²) in [6.07, 6.45) is 4.05. The van der Waals surface area contributed by atoms with E-state index in [-0.39, 0.29) is 18.7 Å². The molecule has 146 valence electrons. The van der Waals surface area contributed by atoms with Gasteiger partial charge in [-0.1, -0.05) is 6.07 Å². The number of aromatic amines is 1. The lowest BCUT2D eigenvalue weighted by Gasteiger charge is -2.46. The summed E-state index contributed by atoms with van der Waals surface area (Å²) in [7, 11) is 2.16. The van der Waals surface area contributed by atoms with Crippen LogP contribution in [0, 0.1) is 0 Å². The van der Waals surface area contributed by atoms with E-state index < -0.39 is 0 Å². The molecule has 27 heavy (non-hydrogen) atoms. The number of aromatic nitrogens is 1. The molecule has 2 aliphatic rings. The van der Waals surface area contributed by atoms with E-state index in [0.29, 0.717) is 12.0 Å². The fraction of sp³-hybridized carbons (Fsp3) is 0.571. The van der Waals surface area contributed by atoms with Gasteiger partial charge in [0.05, 0.1) is 6.61 Å². The van der Waals surface area contributed by atoms with E-state index in [2.05, 4.69) is 34.5 Å². The second-order valence-electron chi connectivity index (χ2n) is 7.90. The Morgan fingerprint density at radius 2 is 2.15 bits per heavy atom. The van der Waals surface area contributed by atoms with Crippen molar-refractivity contribution in [2.45, 2.75) is 51.3 Å².